The van der Waals surface area contributed by atoms with Gasteiger partial charge in [-0.2, -0.15) is 0 Å². The van der Waals surface area contributed by atoms with Crippen LogP contribution in [-0.2, 0) is 65.4 Å². The Morgan fingerprint density at radius 1 is 0.284 bits per heavy atom. The molecule has 0 aromatic carbocycles. The van der Waals surface area contributed by atoms with Crippen LogP contribution in [-0.4, -0.2) is 96.7 Å². The number of esters is 4. The smallest absolute Gasteiger partial charge is 0.462 e. The third-order valence-electron chi connectivity index (χ3n) is 17.8. The first-order chi connectivity index (χ1) is 46.0. The lowest BCUT2D eigenvalue weighted by Gasteiger charge is -2.21. The fraction of sp³-hybridized carbons (Fsp3) is 0.947. The first-order valence-electron chi connectivity index (χ1n) is 39.6. The van der Waals surface area contributed by atoms with E-state index < -0.39 is 97.5 Å². The minimum Gasteiger partial charge on any atom is -0.462 e. The van der Waals surface area contributed by atoms with Gasteiger partial charge < -0.3 is 33.8 Å². The van der Waals surface area contributed by atoms with Gasteiger partial charge in [-0.1, -0.05) is 349 Å². The second-order valence-electron chi connectivity index (χ2n) is 27.9. The molecule has 95 heavy (non-hydrogen) atoms. The molecule has 0 saturated carbocycles. The summed E-state index contributed by atoms with van der Waals surface area (Å²) in [5, 5.41) is 10.6. The van der Waals surface area contributed by atoms with Gasteiger partial charge in [0.25, 0.3) is 0 Å². The van der Waals surface area contributed by atoms with E-state index in [9.17, 15) is 43.2 Å². The highest BCUT2D eigenvalue weighted by Crippen LogP contribution is 2.45. The number of phosphoric acid groups is 2. The molecule has 0 saturated heterocycles. The van der Waals surface area contributed by atoms with Gasteiger partial charge in [-0.3, -0.25) is 37.3 Å². The van der Waals surface area contributed by atoms with Gasteiger partial charge in [-0.15, -0.1) is 0 Å². The Kier molecular flexibility index (Phi) is 67.7. The molecule has 5 atom stereocenters. The van der Waals surface area contributed by atoms with Crippen molar-refractivity contribution in [1.82, 2.24) is 0 Å². The Morgan fingerprint density at radius 3 is 0.716 bits per heavy atom. The largest absolute Gasteiger partial charge is 0.472 e. The molecule has 19 heteroatoms. The van der Waals surface area contributed by atoms with Crippen molar-refractivity contribution < 1.29 is 80.2 Å². The van der Waals surface area contributed by atoms with Crippen molar-refractivity contribution in [2.45, 2.75) is 419 Å². The van der Waals surface area contributed by atoms with Crippen molar-refractivity contribution >= 4 is 39.5 Å². The van der Waals surface area contributed by atoms with E-state index in [1.54, 1.807) is 0 Å². The molecule has 0 aliphatic heterocycles. The van der Waals surface area contributed by atoms with E-state index in [4.69, 9.17) is 37.0 Å². The maximum atomic E-state index is 13.1. The molecule has 2 unspecified atom stereocenters. The molecular weight excluding hydrogens is 1250 g/mol. The van der Waals surface area contributed by atoms with Crippen LogP contribution in [0.4, 0.5) is 0 Å². The molecule has 0 spiro atoms. The summed E-state index contributed by atoms with van der Waals surface area (Å²) in [5.74, 6) is -1.35. The van der Waals surface area contributed by atoms with Crippen molar-refractivity contribution in [3.63, 3.8) is 0 Å². The van der Waals surface area contributed by atoms with E-state index >= 15 is 0 Å². The number of ether oxygens (including phenoxy) is 4. The van der Waals surface area contributed by atoms with Crippen LogP contribution in [0.3, 0.4) is 0 Å². The number of carbonyl (C=O) groups is 4. The van der Waals surface area contributed by atoms with Crippen LogP contribution in [0.5, 0.6) is 0 Å². The van der Waals surface area contributed by atoms with Crippen LogP contribution in [0.1, 0.15) is 401 Å². The van der Waals surface area contributed by atoms with Crippen molar-refractivity contribution in [2.75, 3.05) is 39.6 Å². The van der Waals surface area contributed by atoms with E-state index in [2.05, 4.69) is 34.6 Å². The van der Waals surface area contributed by atoms with E-state index in [1.807, 2.05) is 0 Å². The monoisotopic (exact) mass is 1400 g/mol. The number of aliphatic hydroxyl groups is 1. The summed E-state index contributed by atoms with van der Waals surface area (Å²) in [6, 6.07) is 0. The molecule has 0 aliphatic rings. The molecule has 564 valence electrons. The summed E-state index contributed by atoms with van der Waals surface area (Å²) in [7, 11) is -9.91. The predicted molar refractivity (Wildman–Crippen MR) is 386 cm³/mol. The maximum Gasteiger partial charge on any atom is 0.472 e. The highest BCUT2D eigenvalue weighted by atomic mass is 31.2. The van der Waals surface area contributed by atoms with Crippen LogP contribution in [0, 0.1) is 5.92 Å². The highest BCUT2D eigenvalue weighted by Gasteiger charge is 2.30. The van der Waals surface area contributed by atoms with Gasteiger partial charge in [0.2, 0.25) is 0 Å². The number of hydrogen-bond acceptors (Lipinski definition) is 15. The molecule has 0 aromatic rings. The summed E-state index contributed by atoms with van der Waals surface area (Å²) >= 11 is 0. The highest BCUT2D eigenvalue weighted by molar-refractivity contribution is 7.47. The molecule has 0 radical (unpaired) electrons. The quantitative estimate of drug-likeness (QED) is 0.0222. The summed E-state index contributed by atoms with van der Waals surface area (Å²) in [4.78, 5) is 72.8. The van der Waals surface area contributed by atoms with Crippen molar-refractivity contribution in [3.8, 4) is 0 Å². The lowest BCUT2D eigenvalue weighted by atomic mass is 10.0. The fourth-order valence-corrected chi connectivity index (χ4v) is 13.3. The average molecular weight is 1400 g/mol. The Bertz CT molecular complexity index is 1820. The molecule has 0 heterocycles. The number of unbranched alkanes of at least 4 members (excludes halogenated alkanes) is 48. The van der Waals surface area contributed by atoms with Crippen molar-refractivity contribution in [1.29, 1.82) is 0 Å². The molecule has 0 fully saturated rings. The molecule has 17 nitrogen and oxygen atoms in total. The Balaban J connectivity index is 5.23. The summed E-state index contributed by atoms with van der Waals surface area (Å²) in [5.41, 5.74) is 0. The Morgan fingerprint density at radius 2 is 0.484 bits per heavy atom. The van der Waals surface area contributed by atoms with E-state index in [1.165, 1.54) is 225 Å². The number of hydrogen-bond donors (Lipinski definition) is 3. The second kappa shape index (κ2) is 69.2. The summed E-state index contributed by atoms with van der Waals surface area (Å²) < 4.78 is 68.5. The van der Waals surface area contributed by atoms with Crippen LogP contribution in [0.2, 0.25) is 0 Å². The van der Waals surface area contributed by atoms with Gasteiger partial charge in [-0.05, 0) is 31.6 Å². The number of phosphoric ester groups is 2. The number of aliphatic hydroxyl groups excluding tert-OH is 1. The number of carbonyl (C=O) groups excluding carboxylic acids is 4. The summed E-state index contributed by atoms with van der Waals surface area (Å²) in [6.45, 7) is 7.29. The van der Waals surface area contributed by atoms with E-state index in [-0.39, 0.29) is 25.7 Å². The lowest BCUT2D eigenvalue weighted by molar-refractivity contribution is -0.161. The van der Waals surface area contributed by atoms with E-state index in [0.29, 0.717) is 25.7 Å². The van der Waals surface area contributed by atoms with Gasteiger partial charge in [-0.25, -0.2) is 9.13 Å². The van der Waals surface area contributed by atoms with Crippen LogP contribution in [0.15, 0.2) is 0 Å². The maximum absolute atomic E-state index is 13.1. The first-order valence-corrected chi connectivity index (χ1v) is 42.6. The molecule has 0 aliphatic carbocycles. The topological polar surface area (TPSA) is 237 Å². The van der Waals surface area contributed by atoms with Crippen LogP contribution < -0.4 is 0 Å². The molecular formula is C76H148O17P2. The van der Waals surface area contributed by atoms with Crippen molar-refractivity contribution in [3.05, 3.63) is 0 Å². The molecule has 0 amide bonds. The van der Waals surface area contributed by atoms with Gasteiger partial charge in [0.15, 0.2) is 12.2 Å². The zero-order valence-electron chi connectivity index (χ0n) is 61.8. The van der Waals surface area contributed by atoms with Gasteiger partial charge in [0.05, 0.1) is 26.4 Å². The molecule has 3 N–H and O–H groups in total. The second-order valence-corrected chi connectivity index (χ2v) is 30.8. The third kappa shape index (κ3) is 70.3. The van der Waals surface area contributed by atoms with Gasteiger partial charge in [0, 0.05) is 25.7 Å². The fourth-order valence-electron chi connectivity index (χ4n) is 11.7. The van der Waals surface area contributed by atoms with Crippen LogP contribution in [0.25, 0.3) is 0 Å². The molecule has 0 rings (SSSR count). The molecule has 0 bridgehead atoms. The minimum atomic E-state index is -4.96. The van der Waals surface area contributed by atoms with E-state index in [0.717, 1.165) is 95.8 Å². The average Bonchev–Trinajstić information content (AvgIpc) is 3.75. The Hall–Kier alpha value is -1.94. The predicted octanol–water partition coefficient (Wildman–Crippen LogP) is 22.5. The summed E-state index contributed by atoms with van der Waals surface area (Å²) in [6.07, 6.45) is 58.2. The molecule has 0 aromatic heterocycles. The van der Waals surface area contributed by atoms with Gasteiger partial charge in [0.1, 0.15) is 19.3 Å². The normalized spacial score (nSPS) is 13.9. The zero-order chi connectivity index (χ0) is 69.8. The lowest BCUT2D eigenvalue weighted by Crippen LogP contribution is -2.30. The zero-order valence-corrected chi connectivity index (χ0v) is 63.6. The number of rotatable bonds is 76. The first kappa shape index (κ1) is 93.1. The van der Waals surface area contributed by atoms with Crippen LogP contribution >= 0.6 is 15.6 Å². The Labute approximate surface area is 581 Å². The third-order valence-corrected chi connectivity index (χ3v) is 19.7. The standard InChI is InChI=1S/C76H148O17P2/c1-6-9-12-15-18-21-23-25-27-28-30-32-36-41-46-51-56-61-75(80)93-72(66-87-74(79)60-55-50-45-40-35-31-29-26-24-22-19-16-13-10-7-2)68-91-95(84,85)89-64-70(77)63-88-94(82,83)90-67-71(65-86-73(78)59-54-49-44-38-20-17-14-11-8-3)92-76(81)62-57-52-47-42-37-33-34-39-43-48-53-58-69(4)5/h69-72,77H,6-68H2,1-5H3,(H,82,83)(H,84,85)/t70-,71+,72+/m0/s1. The van der Waals surface area contributed by atoms with Crippen molar-refractivity contribution in [2.24, 2.45) is 5.92 Å². The minimum absolute atomic E-state index is 0.107. The SMILES string of the molecule is CCCCCCCCCCCCCCCCCCCC(=O)O[C@H](COC(=O)CCCCCCCCCCCCCCCCC)COP(=O)(O)OC[C@@H](O)COP(=O)(O)OC[C@@H](COC(=O)CCCCCCCCCCC)OC(=O)CCCCCCCCCCCCCC(C)C. The van der Waals surface area contributed by atoms with Gasteiger partial charge >= 0.3 is 39.5 Å².